The van der Waals surface area contributed by atoms with Gasteiger partial charge in [0.2, 0.25) is 0 Å². The minimum atomic E-state index is 0.0973. The summed E-state index contributed by atoms with van der Waals surface area (Å²) in [5.74, 6) is 1.89. The molecule has 0 bridgehead atoms. The van der Waals surface area contributed by atoms with Crippen LogP contribution in [0.5, 0.6) is 11.5 Å². The van der Waals surface area contributed by atoms with Crippen molar-refractivity contribution in [3.05, 3.63) is 94.6 Å². The topological polar surface area (TPSA) is 57.4 Å². The third kappa shape index (κ3) is 5.08. The van der Waals surface area contributed by atoms with Crippen molar-refractivity contribution in [2.75, 3.05) is 0 Å². The van der Waals surface area contributed by atoms with Crippen LogP contribution >= 0.6 is 23.2 Å². The first-order chi connectivity index (χ1) is 14.2. The zero-order valence-electron chi connectivity index (χ0n) is 15.2. The van der Waals surface area contributed by atoms with Gasteiger partial charge in [0.1, 0.15) is 11.5 Å². The summed E-state index contributed by atoms with van der Waals surface area (Å²) in [6, 6.07) is 23.0. The van der Waals surface area contributed by atoms with E-state index in [1.165, 1.54) is 0 Å². The minimum absolute atomic E-state index is 0.0973. The Bertz CT molecular complexity index is 1080. The molecule has 0 saturated carbocycles. The molecule has 7 heteroatoms. The molecule has 0 N–H and O–H groups in total. The lowest BCUT2D eigenvalue weighted by molar-refractivity contribution is 0.232. The third-order valence-electron chi connectivity index (χ3n) is 4.08. The minimum Gasteiger partial charge on any atom is -0.484 e. The van der Waals surface area contributed by atoms with E-state index in [4.69, 9.17) is 37.1 Å². The molecule has 0 spiro atoms. The van der Waals surface area contributed by atoms with Crippen LogP contribution in [0.2, 0.25) is 10.0 Å². The largest absolute Gasteiger partial charge is 0.484 e. The van der Waals surface area contributed by atoms with Crippen LogP contribution in [0.4, 0.5) is 0 Å². The SMILES string of the molecule is Clc1ccc(OCc2nnc(COc3ccc(-c4ccccc4)cc3)o2)c(Cl)c1. The molecule has 5 nitrogen and oxygen atoms in total. The van der Waals surface area contributed by atoms with Gasteiger partial charge in [-0.1, -0.05) is 65.7 Å². The molecule has 1 heterocycles. The normalized spacial score (nSPS) is 10.7. The van der Waals surface area contributed by atoms with Gasteiger partial charge in [0, 0.05) is 5.02 Å². The molecule has 0 unspecified atom stereocenters. The van der Waals surface area contributed by atoms with Gasteiger partial charge in [-0.3, -0.25) is 0 Å². The highest BCUT2D eigenvalue weighted by molar-refractivity contribution is 6.35. The van der Waals surface area contributed by atoms with Crippen LogP contribution in [-0.2, 0) is 13.2 Å². The Kier molecular flexibility index (Phi) is 5.98. The van der Waals surface area contributed by atoms with E-state index < -0.39 is 0 Å². The van der Waals surface area contributed by atoms with Crippen molar-refractivity contribution >= 4 is 23.2 Å². The van der Waals surface area contributed by atoms with Crippen molar-refractivity contribution in [3.63, 3.8) is 0 Å². The van der Waals surface area contributed by atoms with Gasteiger partial charge in [-0.25, -0.2) is 0 Å². The molecular weight excluding hydrogens is 411 g/mol. The van der Waals surface area contributed by atoms with Crippen LogP contribution in [-0.4, -0.2) is 10.2 Å². The molecule has 4 aromatic rings. The summed E-state index contributed by atoms with van der Waals surface area (Å²) >= 11 is 11.9. The van der Waals surface area contributed by atoms with Crippen molar-refractivity contribution in [1.29, 1.82) is 0 Å². The number of hydrogen-bond acceptors (Lipinski definition) is 5. The van der Waals surface area contributed by atoms with Gasteiger partial charge in [0.05, 0.1) is 5.02 Å². The molecule has 0 aliphatic carbocycles. The standard InChI is InChI=1S/C22H16Cl2N2O3/c23-17-8-11-20(19(24)12-17)28-14-22-26-25-21(29-22)13-27-18-9-6-16(7-10-18)15-4-2-1-3-5-15/h1-12H,13-14H2. The number of halogens is 2. The van der Waals surface area contributed by atoms with Gasteiger partial charge >= 0.3 is 0 Å². The molecular formula is C22H16Cl2N2O3. The highest BCUT2D eigenvalue weighted by Gasteiger charge is 2.10. The van der Waals surface area contributed by atoms with E-state index in [2.05, 4.69) is 22.3 Å². The molecule has 0 amide bonds. The summed E-state index contributed by atoms with van der Waals surface area (Å²) in [7, 11) is 0. The molecule has 4 rings (SSSR count). The van der Waals surface area contributed by atoms with E-state index in [0.29, 0.717) is 33.3 Å². The number of aromatic nitrogens is 2. The second-order valence-corrected chi connectivity index (χ2v) is 6.98. The molecule has 0 aliphatic heterocycles. The van der Waals surface area contributed by atoms with E-state index in [0.717, 1.165) is 11.1 Å². The van der Waals surface area contributed by atoms with E-state index in [1.54, 1.807) is 18.2 Å². The lowest BCUT2D eigenvalue weighted by Crippen LogP contribution is -1.96. The Morgan fingerprint density at radius 1 is 0.724 bits per heavy atom. The first kappa shape index (κ1) is 19.3. The number of rotatable bonds is 7. The van der Waals surface area contributed by atoms with Gasteiger partial charge in [-0.15, -0.1) is 10.2 Å². The average Bonchev–Trinajstić information content (AvgIpc) is 3.20. The van der Waals surface area contributed by atoms with Crippen molar-refractivity contribution in [3.8, 4) is 22.6 Å². The number of hydrogen-bond donors (Lipinski definition) is 0. The summed E-state index contributed by atoms with van der Waals surface area (Å²) in [6.07, 6.45) is 0. The Balaban J connectivity index is 1.31. The van der Waals surface area contributed by atoms with Crippen molar-refractivity contribution < 1.29 is 13.9 Å². The van der Waals surface area contributed by atoms with Crippen molar-refractivity contribution in [2.24, 2.45) is 0 Å². The fourth-order valence-corrected chi connectivity index (χ4v) is 3.12. The van der Waals surface area contributed by atoms with Crippen LogP contribution < -0.4 is 9.47 Å². The maximum absolute atomic E-state index is 6.07. The molecule has 29 heavy (non-hydrogen) atoms. The molecule has 0 aliphatic rings. The highest BCUT2D eigenvalue weighted by atomic mass is 35.5. The van der Waals surface area contributed by atoms with Crippen molar-refractivity contribution in [1.82, 2.24) is 10.2 Å². The Morgan fingerprint density at radius 2 is 1.38 bits per heavy atom. The quantitative estimate of drug-likeness (QED) is 0.351. The van der Waals surface area contributed by atoms with E-state index in [9.17, 15) is 0 Å². The maximum atomic E-state index is 6.07. The first-order valence-corrected chi connectivity index (χ1v) is 9.60. The summed E-state index contributed by atoms with van der Waals surface area (Å²) in [5.41, 5.74) is 2.28. The molecule has 0 fully saturated rings. The summed E-state index contributed by atoms with van der Waals surface area (Å²) in [5, 5.41) is 8.88. The molecule has 0 atom stereocenters. The van der Waals surface area contributed by atoms with Crippen LogP contribution in [0.15, 0.2) is 77.2 Å². The fraction of sp³-hybridized carbons (Fsp3) is 0.0909. The number of benzene rings is 3. The van der Waals surface area contributed by atoms with Crippen LogP contribution in [0.1, 0.15) is 11.8 Å². The molecule has 146 valence electrons. The van der Waals surface area contributed by atoms with Crippen LogP contribution in [0, 0.1) is 0 Å². The summed E-state index contributed by atoms with van der Waals surface area (Å²) in [4.78, 5) is 0. The zero-order chi connectivity index (χ0) is 20.1. The molecule has 3 aromatic carbocycles. The monoisotopic (exact) mass is 426 g/mol. The molecule has 0 saturated heterocycles. The maximum Gasteiger partial charge on any atom is 0.254 e. The predicted octanol–water partition coefficient (Wildman–Crippen LogP) is 6.20. The van der Waals surface area contributed by atoms with Gasteiger partial charge < -0.3 is 13.9 Å². The van der Waals surface area contributed by atoms with Gasteiger partial charge in [-0.05, 0) is 41.5 Å². The molecule has 1 aromatic heterocycles. The highest BCUT2D eigenvalue weighted by Crippen LogP contribution is 2.28. The summed E-state index contributed by atoms with van der Waals surface area (Å²) in [6.45, 7) is 0.263. The second-order valence-electron chi connectivity index (χ2n) is 6.13. The summed E-state index contributed by atoms with van der Waals surface area (Å²) < 4.78 is 16.8. The Morgan fingerprint density at radius 3 is 2.07 bits per heavy atom. The molecule has 0 radical (unpaired) electrons. The first-order valence-electron chi connectivity index (χ1n) is 8.85. The van der Waals surface area contributed by atoms with E-state index >= 15 is 0 Å². The number of ether oxygens (including phenoxy) is 2. The average molecular weight is 427 g/mol. The Labute approximate surface area is 177 Å². The predicted molar refractivity (Wildman–Crippen MR) is 111 cm³/mol. The van der Waals surface area contributed by atoms with E-state index in [-0.39, 0.29) is 13.2 Å². The third-order valence-corrected chi connectivity index (χ3v) is 4.61. The van der Waals surface area contributed by atoms with Gasteiger partial charge in [0.25, 0.3) is 11.8 Å². The Hall–Kier alpha value is -3.02. The van der Waals surface area contributed by atoms with Crippen molar-refractivity contribution in [2.45, 2.75) is 13.2 Å². The van der Waals surface area contributed by atoms with Gasteiger partial charge in [-0.2, -0.15) is 0 Å². The number of nitrogens with zero attached hydrogens (tertiary/aromatic N) is 2. The lowest BCUT2D eigenvalue weighted by atomic mass is 10.1. The zero-order valence-corrected chi connectivity index (χ0v) is 16.7. The van der Waals surface area contributed by atoms with E-state index in [1.807, 2.05) is 42.5 Å². The lowest BCUT2D eigenvalue weighted by Gasteiger charge is -2.06. The second kappa shape index (κ2) is 8.99. The smallest absolute Gasteiger partial charge is 0.254 e. The van der Waals surface area contributed by atoms with Gasteiger partial charge in [0.15, 0.2) is 13.2 Å². The van der Waals surface area contributed by atoms with Crippen LogP contribution in [0.25, 0.3) is 11.1 Å². The fourth-order valence-electron chi connectivity index (χ4n) is 2.66. The van der Waals surface area contributed by atoms with Crippen LogP contribution in [0.3, 0.4) is 0 Å².